The molecule has 1 fully saturated rings. The fourth-order valence-corrected chi connectivity index (χ4v) is 4.57. The first-order chi connectivity index (χ1) is 13.5. The van der Waals surface area contributed by atoms with Crippen molar-refractivity contribution in [1.29, 1.82) is 0 Å². The van der Waals surface area contributed by atoms with Crippen LogP contribution >= 0.6 is 0 Å². The summed E-state index contributed by atoms with van der Waals surface area (Å²) in [5, 5.41) is 2.92. The number of nitrogens with one attached hydrogen (secondary N) is 1. The minimum atomic E-state index is -3.50. The number of carbonyl (C=O) groups is 1. The van der Waals surface area contributed by atoms with Gasteiger partial charge in [0.05, 0.1) is 4.90 Å². The number of hydrogen-bond acceptors (Lipinski definition) is 4. The summed E-state index contributed by atoms with van der Waals surface area (Å²) < 4.78 is 26.7. The van der Waals surface area contributed by atoms with Crippen LogP contribution in [-0.2, 0) is 10.0 Å². The second kappa shape index (κ2) is 9.07. The average Bonchev–Trinajstić information content (AvgIpc) is 2.75. The Kier molecular flexibility index (Phi) is 6.53. The predicted molar refractivity (Wildman–Crippen MR) is 110 cm³/mol. The summed E-state index contributed by atoms with van der Waals surface area (Å²) in [6.07, 6.45) is 0. The lowest BCUT2D eigenvalue weighted by molar-refractivity contribution is 0.172. The van der Waals surface area contributed by atoms with E-state index >= 15 is 0 Å². The van der Waals surface area contributed by atoms with Crippen molar-refractivity contribution in [3.05, 3.63) is 60.7 Å². The lowest BCUT2D eigenvalue weighted by Crippen LogP contribution is -2.53. The van der Waals surface area contributed by atoms with Crippen molar-refractivity contribution in [2.45, 2.75) is 4.90 Å². The van der Waals surface area contributed by atoms with Crippen LogP contribution in [0.3, 0.4) is 0 Å². The molecule has 8 heteroatoms. The van der Waals surface area contributed by atoms with Crippen LogP contribution in [0.5, 0.6) is 0 Å². The molecule has 150 valence electrons. The first-order valence-corrected chi connectivity index (χ1v) is 10.8. The standard InChI is InChI=1S/C20H26N4O3S/c1-22(18-8-4-2-5-9-18)13-12-21-20(25)23-14-16-24(17-15-23)28(26,27)19-10-6-3-7-11-19/h2-11H,12-17H2,1H3,(H,21,25). The number of rotatable bonds is 6. The zero-order valence-electron chi connectivity index (χ0n) is 16.0. The Hall–Kier alpha value is -2.58. The van der Waals surface area contributed by atoms with Crippen molar-refractivity contribution in [1.82, 2.24) is 14.5 Å². The molecule has 0 saturated carbocycles. The van der Waals surface area contributed by atoms with Crippen LogP contribution in [0.4, 0.5) is 10.5 Å². The van der Waals surface area contributed by atoms with Gasteiger partial charge < -0.3 is 15.1 Å². The summed E-state index contributed by atoms with van der Waals surface area (Å²) in [4.78, 5) is 16.4. The molecular formula is C20H26N4O3S. The highest BCUT2D eigenvalue weighted by Gasteiger charge is 2.29. The molecule has 1 aliphatic heterocycles. The van der Waals surface area contributed by atoms with Gasteiger partial charge in [0.15, 0.2) is 0 Å². The SMILES string of the molecule is CN(CCNC(=O)N1CCN(S(=O)(=O)c2ccccc2)CC1)c1ccccc1. The normalized spacial score (nSPS) is 15.2. The molecule has 0 radical (unpaired) electrons. The van der Waals surface area contributed by atoms with Gasteiger partial charge in [-0.05, 0) is 24.3 Å². The van der Waals surface area contributed by atoms with Gasteiger partial charge in [0.1, 0.15) is 0 Å². The zero-order valence-corrected chi connectivity index (χ0v) is 16.8. The van der Waals surface area contributed by atoms with Crippen LogP contribution in [0, 0.1) is 0 Å². The van der Waals surface area contributed by atoms with Crippen LogP contribution in [0.25, 0.3) is 0 Å². The van der Waals surface area contributed by atoms with Gasteiger partial charge >= 0.3 is 6.03 Å². The number of para-hydroxylation sites is 1. The molecule has 0 aromatic heterocycles. The highest BCUT2D eigenvalue weighted by molar-refractivity contribution is 7.89. The first-order valence-electron chi connectivity index (χ1n) is 9.32. The molecule has 0 aliphatic carbocycles. The number of anilines is 1. The quantitative estimate of drug-likeness (QED) is 0.800. The number of likely N-dealkylation sites (N-methyl/N-ethyl adjacent to an activating group) is 1. The fraction of sp³-hybridized carbons (Fsp3) is 0.350. The smallest absolute Gasteiger partial charge is 0.317 e. The highest BCUT2D eigenvalue weighted by Crippen LogP contribution is 2.17. The van der Waals surface area contributed by atoms with Crippen molar-refractivity contribution in [3.63, 3.8) is 0 Å². The predicted octanol–water partition coefficient (Wildman–Crippen LogP) is 1.84. The third-order valence-electron chi connectivity index (χ3n) is 4.83. The van der Waals surface area contributed by atoms with Gasteiger partial charge in [-0.2, -0.15) is 4.31 Å². The van der Waals surface area contributed by atoms with E-state index in [2.05, 4.69) is 10.2 Å². The van der Waals surface area contributed by atoms with Crippen molar-refractivity contribution >= 4 is 21.7 Å². The molecule has 1 saturated heterocycles. The maximum absolute atomic E-state index is 12.6. The average molecular weight is 403 g/mol. The van der Waals surface area contributed by atoms with Crippen LogP contribution in [-0.4, -0.2) is 70.0 Å². The summed E-state index contributed by atoms with van der Waals surface area (Å²) in [5.74, 6) is 0. The van der Waals surface area contributed by atoms with Gasteiger partial charge in [0, 0.05) is 52.0 Å². The second-order valence-electron chi connectivity index (χ2n) is 6.69. The molecule has 7 nitrogen and oxygen atoms in total. The molecule has 3 rings (SSSR count). The van der Waals surface area contributed by atoms with Crippen LogP contribution < -0.4 is 10.2 Å². The molecule has 0 unspecified atom stereocenters. The molecular weight excluding hydrogens is 376 g/mol. The van der Waals surface area contributed by atoms with Gasteiger partial charge in [-0.1, -0.05) is 36.4 Å². The largest absolute Gasteiger partial charge is 0.373 e. The fourth-order valence-electron chi connectivity index (χ4n) is 3.13. The Labute approximate surface area is 166 Å². The molecule has 1 heterocycles. The lowest BCUT2D eigenvalue weighted by Gasteiger charge is -2.34. The van der Waals surface area contributed by atoms with Gasteiger partial charge in [-0.15, -0.1) is 0 Å². The van der Waals surface area contributed by atoms with Crippen molar-refractivity contribution in [2.24, 2.45) is 0 Å². The Morgan fingerprint density at radius 2 is 1.54 bits per heavy atom. The number of carbonyl (C=O) groups excluding carboxylic acids is 1. The van der Waals surface area contributed by atoms with Gasteiger partial charge in [0.25, 0.3) is 0 Å². The van der Waals surface area contributed by atoms with E-state index in [0.717, 1.165) is 5.69 Å². The summed E-state index contributed by atoms with van der Waals surface area (Å²) in [6, 6.07) is 18.2. The molecule has 28 heavy (non-hydrogen) atoms. The molecule has 0 spiro atoms. The van der Waals surface area contributed by atoms with E-state index in [1.165, 1.54) is 4.31 Å². The third kappa shape index (κ3) is 4.82. The summed E-state index contributed by atoms with van der Waals surface area (Å²) in [6.45, 7) is 2.58. The van der Waals surface area contributed by atoms with Gasteiger partial charge in [-0.3, -0.25) is 0 Å². The van der Waals surface area contributed by atoms with Crippen LogP contribution in [0.1, 0.15) is 0 Å². The van der Waals surface area contributed by atoms with E-state index in [1.807, 2.05) is 37.4 Å². The second-order valence-corrected chi connectivity index (χ2v) is 8.63. The number of urea groups is 1. The van der Waals surface area contributed by atoms with E-state index in [9.17, 15) is 13.2 Å². The van der Waals surface area contributed by atoms with E-state index in [0.29, 0.717) is 39.3 Å². The molecule has 0 atom stereocenters. The minimum absolute atomic E-state index is 0.154. The Bertz CT molecular complexity index is 867. The van der Waals surface area contributed by atoms with Gasteiger partial charge in [0.2, 0.25) is 10.0 Å². The molecule has 2 aromatic carbocycles. The molecule has 0 bridgehead atoms. The zero-order chi connectivity index (χ0) is 20.0. The summed E-state index contributed by atoms with van der Waals surface area (Å²) in [7, 11) is -1.52. The lowest BCUT2D eigenvalue weighted by atomic mass is 10.3. The number of nitrogens with zero attached hydrogens (tertiary/aromatic N) is 3. The Balaban J connectivity index is 1.45. The number of hydrogen-bond donors (Lipinski definition) is 1. The number of piperazine rings is 1. The van der Waals surface area contributed by atoms with E-state index in [1.54, 1.807) is 35.2 Å². The van der Waals surface area contributed by atoms with Crippen molar-refractivity contribution < 1.29 is 13.2 Å². The maximum Gasteiger partial charge on any atom is 0.317 e. The van der Waals surface area contributed by atoms with Crippen LogP contribution in [0.2, 0.25) is 0 Å². The summed E-state index contributed by atoms with van der Waals surface area (Å²) in [5.41, 5.74) is 1.09. The van der Waals surface area contributed by atoms with Crippen molar-refractivity contribution in [2.75, 3.05) is 51.2 Å². The number of amides is 2. The van der Waals surface area contributed by atoms with Crippen LogP contribution in [0.15, 0.2) is 65.6 Å². The van der Waals surface area contributed by atoms with Crippen molar-refractivity contribution in [3.8, 4) is 0 Å². The molecule has 2 aromatic rings. The molecule has 2 amide bonds. The molecule has 1 aliphatic rings. The molecule has 1 N–H and O–H groups in total. The Morgan fingerprint density at radius 3 is 2.14 bits per heavy atom. The highest BCUT2D eigenvalue weighted by atomic mass is 32.2. The van der Waals surface area contributed by atoms with Gasteiger partial charge in [-0.25, -0.2) is 13.2 Å². The minimum Gasteiger partial charge on any atom is -0.373 e. The van der Waals surface area contributed by atoms with E-state index in [-0.39, 0.29) is 10.9 Å². The monoisotopic (exact) mass is 402 g/mol. The first kappa shape index (κ1) is 20.2. The number of sulfonamides is 1. The maximum atomic E-state index is 12.6. The van der Waals surface area contributed by atoms with E-state index in [4.69, 9.17) is 0 Å². The van der Waals surface area contributed by atoms with E-state index < -0.39 is 10.0 Å². The summed E-state index contributed by atoms with van der Waals surface area (Å²) >= 11 is 0. The topological polar surface area (TPSA) is 73.0 Å². The third-order valence-corrected chi connectivity index (χ3v) is 6.74. The number of benzene rings is 2. The Morgan fingerprint density at radius 1 is 0.964 bits per heavy atom.